The van der Waals surface area contributed by atoms with Gasteiger partial charge in [-0.1, -0.05) is 11.6 Å². The highest BCUT2D eigenvalue weighted by atomic mass is 35.5. The molecule has 168 valence electrons. The van der Waals surface area contributed by atoms with Crippen LogP contribution in [0.4, 0.5) is 5.69 Å². The Morgan fingerprint density at radius 1 is 1.10 bits per heavy atom. The van der Waals surface area contributed by atoms with Crippen molar-refractivity contribution in [3.63, 3.8) is 0 Å². The summed E-state index contributed by atoms with van der Waals surface area (Å²) in [4.78, 5) is 12.0. The Bertz CT molecular complexity index is 1160. The van der Waals surface area contributed by atoms with Crippen LogP contribution in [0.1, 0.15) is 0 Å². The first-order valence-electron chi connectivity index (χ1n) is 9.00. The van der Waals surface area contributed by atoms with Gasteiger partial charge in [0.15, 0.2) is 6.61 Å². The number of nitrogens with two attached hydrogens (primary N) is 1. The molecule has 0 unspecified atom stereocenters. The number of carbonyl (C=O) groups is 1. The highest BCUT2D eigenvalue weighted by Gasteiger charge is 2.29. The molecular weight excluding hydrogens is 470 g/mol. The van der Waals surface area contributed by atoms with E-state index in [2.05, 4.69) is 5.32 Å². The molecule has 2 aromatic carbocycles. The molecule has 3 N–H and O–H groups in total. The summed E-state index contributed by atoms with van der Waals surface area (Å²) in [7, 11) is -7.74. The van der Waals surface area contributed by atoms with Gasteiger partial charge >= 0.3 is 0 Å². The van der Waals surface area contributed by atoms with Crippen LogP contribution in [0.3, 0.4) is 0 Å². The lowest BCUT2D eigenvalue weighted by atomic mass is 10.3. The smallest absolute Gasteiger partial charge is 0.262 e. The summed E-state index contributed by atoms with van der Waals surface area (Å²) < 4.78 is 60.4. The Kier molecular flexibility index (Phi) is 7.19. The third kappa shape index (κ3) is 5.93. The topological polar surface area (TPSA) is 145 Å². The van der Waals surface area contributed by atoms with E-state index in [0.29, 0.717) is 5.69 Å². The average molecular weight is 490 g/mol. The minimum Gasteiger partial charge on any atom is -0.482 e. The summed E-state index contributed by atoms with van der Waals surface area (Å²) in [6.45, 7) is 0.474. The summed E-state index contributed by atoms with van der Waals surface area (Å²) in [6, 6.07) is 9.34. The zero-order chi connectivity index (χ0) is 22.6. The Morgan fingerprint density at radius 2 is 1.74 bits per heavy atom. The van der Waals surface area contributed by atoms with Crippen molar-refractivity contribution >= 4 is 43.2 Å². The third-order valence-electron chi connectivity index (χ3n) is 4.32. The number of morpholine rings is 1. The van der Waals surface area contributed by atoms with Crippen LogP contribution in [0.15, 0.2) is 52.3 Å². The van der Waals surface area contributed by atoms with E-state index in [-0.39, 0.29) is 46.9 Å². The van der Waals surface area contributed by atoms with E-state index < -0.39 is 32.6 Å². The lowest BCUT2D eigenvalue weighted by Crippen LogP contribution is -2.40. The number of hydrogen-bond donors (Lipinski definition) is 2. The van der Waals surface area contributed by atoms with Crippen LogP contribution in [0.2, 0.25) is 5.02 Å². The van der Waals surface area contributed by atoms with Crippen LogP contribution in [-0.4, -0.2) is 60.0 Å². The Hall–Kier alpha value is -2.22. The number of primary sulfonamides is 1. The molecule has 0 radical (unpaired) electrons. The van der Waals surface area contributed by atoms with E-state index in [1.165, 1.54) is 46.8 Å². The molecule has 10 nitrogen and oxygen atoms in total. The van der Waals surface area contributed by atoms with Gasteiger partial charge in [0.1, 0.15) is 10.6 Å². The molecule has 1 aliphatic heterocycles. The van der Waals surface area contributed by atoms with Crippen molar-refractivity contribution in [1.82, 2.24) is 4.31 Å². The van der Waals surface area contributed by atoms with Crippen molar-refractivity contribution in [1.29, 1.82) is 0 Å². The van der Waals surface area contributed by atoms with E-state index in [1.54, 1.807) is 0 Å². The molecule has 1 aliphatic rings. The number of halogens is 1. The number of sulfonamides is 2. The quantitative estimate of drug-likeness (QED) is 0.590. The normalized spacial score (nSPS) is 15.4. The second-order valence-corrected chi connectivity index (χ2v) is 10.4. The third-order valence-corrected chi connectivity index (χ3v) is 7.40. The predicted molar refractivity (Wildman–Crippen MR) is 113 cm³/mol. The Labute approximate surface area is 185 Å². The van der Waals surface area contributed by atoms with Gasteiger partial charge in [-0.2, -0.15) is 4.31 Å². The zero-order valence-electron chi connectivity index (χ0n) is 16.2. The van der Waals surface area contributed by atoms with Gasteiger partial charge in [-0.15, -0.1) is 0 Å². The number of anilines is 1. The fourth-order valence-electron chi connectivity index (χ4n) is 2.80. The van der Waals surface area contributed by atoms with E-state index in [9.17, 15) is 21.6 Å². The molecule has 1 saturated heterocycles. The van der Waals surface area contributed by atoms with Crippen molar-refractivity contribution in [2.24, 2.45) is 5.14 Å². The first-order chi connectivity index (χ1) is 14.6. The molecule has 0 spiro atoms. The fourth-order valence-corrected chi connectivity index (χ4v) is 5.11. The molecule has 2 aromatic rings. The monoisotopic (exact) mass is 489 g/mol. The summed E-state index contributed by atoms with van der Waals surface area (Å²) in [5, 5.41) is 7.76. The molecule has 0 saturated carbocycles. The predicted octanol–water partition coefficient (Wildman–Crippen LogP) is 1.03. The van der Waals surface area contributed by atoms with Crippen molar-refractivity contribution in [2.45, 2.75) is 9.79 Å². The molecule has 1 amide bonds. The molecule has 0 atom stereocenters. The second kappa shape index (κ2) is 9.51. The standard InChI is InChI=1S/C18H20ClN3O7S2/c19-13-1-6-16(17(11-13)31(26,27)22-7-9-28-10-8-22)29-12-18(23)21-14-2-4-15(5-3-14)30(20,24)25/h1-6,11H,7-10,12H2,(H,21,23)(H2,20,24,25). The van der Waals surface area contributed by atoms with E-state index in [0.717, 1.165) is 0 Å². The van der Waals surface area contributed by atoms with E-state index in [1.807, 2.05) is 0 Å². The maximum atomic E-state index is 13.0. The van der Waals surface area contributed by atoms with Gasteiger partial charge in [-0.05, 0) is 42.5 Å². The number of amides is 1. The summed E-state index contributed by atoms with van der Waals surface area (Å²) in [6.07, 6.45) is 0. The maximum absolute atomic E-state index is 13.0. The largest absolute Gasteiger partial charge is 0.482 e. The van der Waals surface area contributed by atoms with E-state index in [4.69, 9.17) is 26.2 Å². The first-order valence-corrected chi connectivity index (χ1v) is 12.4. The van der Waals surface area contributed by atoms with Crippen molar-refractivity contribution < 1.29 is 31.1 Å². The van der Waals surface area contributed by atoms with Crippen LogP contribution in [0, 0.1) is 0 Å². The lowest BCUT2D eigenvalue weighted by Gasteiger charge is -2.26. The molecule has 1 heterocycles. The van der Waals surface area contributed by atoms with Gasteiger partial charge in [0.2, 0.25) is 20.0 Å². The van der Waals surface area contributed by atoms with Gasteiger partial charge in [0.05, 0.1) is 18.1 Å². The molecule has 13 heteroatoms. The second-order valence-electron chi connectivity index (χ2n) is 6.51. The highest BCUT2D eigenvalue weighted by Crippen LogP contribution is 2.30. The summed E-state index contributed by atoms with van der Waals surface area (Å²) in [5.41, 5.74) is 0.318. The highest BCUT2D eigenvalue weighted by molar-refractivity contribution is 7.89. The van der Waals surface area contributed by atoms with Gasteiger partial charge < -0.3 is 14.8 Å². The van der Waals surface area contributed by atoms with Crippen LogP contribution in [0.5, 0.6) is 5.75 Å². The first kappa shape index (κ1) is 23.4. The van der Waals surface area contributed by atoms with Crippen molar-refractivity contribution in [3.8, 4) is 5.75 Å². The summed E-state index contributed by atoms with van der Waals surface area (Å²) >= 11 is 5.98. The number of hydrogen-bond acceptors (Lipinski definition) is 7. The summed E-state index contributed by atoms with van der Waals surface area (Å²) in [5.74, 6) is -0.594. The van der Waals surface area contributed by atoms with E-state index >= 15 is 0 Å². The van der Waals surface area contributed by atoms with Crippen LogP contribution < -0.4 is 15.2 Å². The minimum atomic E-state index is -3.90. The minimum absolute atomic E-state index is 0.0179. The fraction of sp³-hybridized carbons (Fsp3) is 0.278. The lowest BCUT2D eigenvalue weighted by molar-refractivity contribution is -0.118. The number of nitrogens with one attached hydrogen (secondary N) is 1. The van der Waals surface area contributed by atoms with Gasteiger partial charge in [0.25, 0.3) is 5.91 Å². The zero-order valence-corrected chi connectivity index (χ0v) is 18.5. The van der Waals surface area contributed by atoms with Gasteiger partial charge in [-0.25, -0.2) is 22.0 Å². The molecule has 0 bridgehead atoms. The molecule has 31 heavy (non-hydrogen) atoms. The number of rotatable bonds is 7. The number of nitrogens with zero attached hydrogens (tertiary/aromatic N) is 1. The Morgan fingerprint density at radius 3 is 2.35 bits per heavy atom. The van der Waals surface area contributed by atoms with Crippen molar-refractivity contribution in [2.75, 3.05) is 38.2 Å². The SMILES string of the molecule is NS(=O)(=O)c1ccc(NC(=O)COc2ccc(Cl)cc2S(=O)(=O)N2CCOCC2)cc1. The molecule has 1 fully saturated rings. The molecule has 0 aromatic heterocycles. The number of ether oxygens (including phenoxy) is 2. The van der Waals surface area contributed by atoms with Gasteiger partial charge in [-0.3, -0.25) is 4.79 Å². The van der Waals surface area contributed by atoms with Crippen LogP contribution in [-0.2, 0) is 29.6 Å². The van der Waals surface area contributed by atoms with Crippen LogP contribution >= 0.6 is 11.6 Å². The van der Waals surface area contributed by atoms with Crippen LogP contribution in [0.25, 0.3) is 0 Å². The van der Waals surface area contributed by atoms with Gasteiger partial charge in [0, 0.05) is 23.8 Å². The molecular formula is C18H20ClN3O7S2. The Balaban J connectivity index is 1.71. The maximum Gasteiger partial charge on any atom is 0.262 e. The number of carbonyl (C=O) groups excluding carboxylic acids is 1. The van der Waals surface area contributed by atoms with Crippen molar-refractivity contribution in [3.05, 3.63) is 47.5 Å². The average Bonchev–Trinajstić information content (AvgIpc) is 2.73. The molecule has 0 aliphatic carbocycles. The molecule has 3 rings (SSSR count). The number of benzene rings is 2.